The largest absolute Gasteiger partial charge is 0.378 e. The number of morpholine rings is 1. The van der Waals surface area contributed by atoms with Crippen molar-refractivity contribution in [1.82, 2.24) is 25.2 Å². The predicted octanol–water partition coefficient (Wildman–Crippen LogP) is 0.154. The summed E-state index contributed by atoms with van der Waals surface area (Å²) in [6.45, 7) is 7.09. The van der Waals surface area contributed by atoms with Gasteiger partial charge in [-0.1, -0.05) is 0 Å². The van der Waals surface area contributed by atoms with Gasteiger partial charge in [-0.05, 0) is 17.2 Å². The number of anilines is 2. The van der Waals surface area contributed by atoms with Crippen LogP contribution in [0.1, 0.15) is 13.3 Å². The smallest absolute Gasteiger partial charge is 0.245 e. The minimum Gasteiger partial charge on any atom is -0.378 e. The summed E-state index contributed by atoms with van der Waals surface area (Å²) < 4.78 is 10.2. The van der Waals surface area contributed by atoms with E-state index >= 15 is 0 Å². The molecule has 140 valence electrons. The zero-order valence-electron chi connectivity index (χ0n) is 15.1. The van der Waals surface area contributed by atoms with Gasteiger partial charge in [-0.3, -0.25) is 4.79 Å². The lowest BCUT2D eigenvalue weighted by Crippen LogP contribution is -2.38. The highest BCUT2D eigenvalue weighted by Gasteiger charge is 2.31. The van der Waals surface area contributed by atoms with Crippen LogP contribution in [0.5, 0.6) is 0 Å². The number of hydrogen-bond donors (Lipinski definition) is 0. The molecule has 2 aromatic rings. The Labute approximate surface area is 151 Å². The van der Waals surface area contributed by atoms with Crippen LogP contribution < -0.4 is 9.80 Å². The molecular formula is C16H23N7O3. The van der Waals surface area contributed by atoms with E-state index < -0.39 is 0 Å². The van der Waals surface area contributed by atoms with Gasteiger partial charge in [0.05, 0.1) is 13.2 Å². The molecule has 4 heterocycles. The lowest BCUT2D eigenvalue weighted by atomic mass is 10.1. The molecule has 0 radical (unpaired) electrons. The van der Waals surface area contributed by atoms with Gasteiger partial charge in [0.15, 0.2) is 11.6 Å². The molecule has 1 amide bonds. The highest BCUT2D eigenvalue weighted by Crippen LogP contribution is 2.29. The zero-order chi connectivity index (χ0) is 18.1. The number of hydrogen-bond acceptors (Lipinski definition) is 9. The molecule has 2 saturated heterocycles. The van der Waals surface area contributed by atoms with Gasteiger partial charge in [-0.2, -0.15) is 0 Å². The van der Waals surface area contributed by atoms with Crippen molar-refractivity contribution in [2.24, 2.45) is 5.92 Å². The molecule has 0 aliphatic carbocycles. The highest BCUT2D eigenvalue weighted by atomic mass is 16.6. The van der Waals surface area contributed by atoms with Crippen LogP contribution in [0.15, 0.2) is 4.63 Å². The van der Waals surface area contributed by atoms with E-state index in [0.717, 1.165) is 44.4 Å². The summed E-state index contributed by atoms with van der Waals surface area (Å²) in [6, 6.07) is 0. The third kappa shape index (κ3) is 3.16. The molecule has 26 heavy (non-hydrogen) atoms. The van der Waals surface area contributed by atoms with Crippen molar-refractivity contribution in [3.8, 4) is 0 Å². The molecule has 2 fully saturated rings. The topological polar surface area (TPSA) is 101 Å². The minimum atomic E-state index is 0.224. The van der Waals surface area contributed by atoms with Gasteiger partial charge in [0.25, 0.3) is 0 Å². The first-order chi connectivity index (χ1) is 12.7. The molecule has 0 N–H and O–H groups in total. The minimum absolute atomic E-state index is 0.224. The number of likely N-dealkylation sites (tertiary alicyclic amines) is 1. The first-order valence-electron chi connectivity index (χ1n) is 8.97. The van der Waals surface area contributed by atoms with Crippen molar-refractivity contribution in [2.45, 2.75) is 13.3 Å². The van der Waals surface area contributed by atoms with Crippen LogP contribution in [0.25, 0.3) is 11.3 Å². The normalized spacial score (nSPS) is 21.0. The SMILES string of the molecule is CCN1C[C@@H](CN(C)c2nc3nonc3nc2N2CCOCC2)CC1=O. The predicted molar refractivity (Wildman–Crippen MR) is 94.1 cm³/mol. The number of amides is 1. The maximum atomic E-state index is 12.0. The Morgan fingerprint density at radius 1 is 1.19 bits per heavy atom. The van der Waals surface area contributed by atoms with E-state index in [1.165, 1.54) is 0 Å². The first-order valence-corrected chi connectivity index (χ1v) is 8.97. The summed E-state index contributed by atoms with van der Waals surface area (Å²) in [4.78, 5) is 27.4. The molecule has 0 bridgehead atoms. The van der Waals surface area contributed by atoms with Gasteiger partial charge in [-0.25, -0.2) is 14.6 Å². The molecule has 2 aliphatic rings. The second-order valence-corrected chi connectivity index (χ2v) is 6.76. The van der Waals surface area contributed by atoms with E-state index in [9.17, 15) is 4.79 Å². The molecule has 10 nitrogen and oxygen atoms in total. The van der Waals surface area contributed by atoms with Crippen LogP contribution >= 0.6 is 0 Å². The number of nitrogens with zero attached hydrogens (tertiary/aromatic N) is 7. The third-order valence-electron chi connectivity index (χ3n) is 4.96. The molecule has 1 atom stereocenters. The molecule has 4 rings (SSSR count). The van der Waals surface area contributed by atoms with Crippen molar-refractivity contribution < 1.29 is 14.2 Å². The first kappa shape index (κ1) is 17.0. The molecular weight excluding hydrogens is 338 g/mol. The van der Waals surface area contributed by atoms with Gasteiger partial charge < -0.3 is 19.4 Å². The Hall–Kier alpha value is -2.49. The Kier molecular flexibility index (Phi) is 4.58. The molecule has 0 spiro atoms. The Balaban J connectivity index is 1.60. The van der Waals surface area contributed by atoms with Crippen LogP contribution in [0, 0.1) is 5.92 Å². The summed E-state index contributed by atoms with van der Waals surface area (Å²) in [5, 5.41) is 7.65. The lowest BCUT2D eigenvalue weighted by Gasteiger charge is -2.31. The summed E-state index contributed by atoms with van der Waals surface area (Å²) >= 11 is 0. The Bertz CT molecular complexity index is 789. The number of carbonyl (C=O) groups excluding carboxylic acids is 1. The Morgan fingerprint density at radius 2 is 1.92 bits per heavy atom. The van der Waals surface area contributed by atoms with Gasteiger partial charge in [0, 0.05) is 52.1 Å². The van der Waals surface area contributed by atoms with Crippen LogP contribution in [0.2, 0.25) is 0 Å². The summed E-state index contributed by atoms with van der Waals surface area (Å²) in [5.41, 5.74) is 0.790. The fourth-order valence-corrected chi connectivity index (χ4v) is 3.62. The average molecular weight is 361 g/mol. The zero-order valence-corrected chi connectivity index (χ0v) is 15.1. The average Bonchev–Trinajstić information content (AvgIpc) is 3.26. The van der Waals surface area contributed by atoms with E-state index in [-0.39, 0.29) is 11.8 Å². The third-order valence-corrected chi connectivity index (χ3v) is 4.96. The van der Waals surface area contributed by atoms with Gasteiger partial charge in [-0.15, -0.1) is 0 Å². The fraction of sp³-hybridized carbons (Fsp3) is 0.688. The van der Waals surface area contributed by atoms with Crippen LogP contribution in [0.3, 0.4) is 0 Å². The molecule has 0 aromatic carbocycles. The standard InChI is InChI=1S/C16H23N7O3/c1-3-22-10-11(8-12(22)24)9-21(2)15-16(23-4-6-25-7-5-23)18-14-13(17-15)19-26-20-14/h11H,3-10H2,1-2H3/t11-/m1/s1. The molecule has 2 aliphatic heterocycles. The molecule has 10 heteroatoms. The Morgan fingerprint density at radius 3 is 2.62 bits per heavy atom. The van der Waals surface area contributed by atoms with Gasteiger partial charge in [0.1, 0.15) is 0 Å². The van der Waals surface area contributed by atoms with Crippen molar-refractivity contribution >= 4 is 28.8 Å². The monoisotopic (exact) mass is 361 g/mol. The van der Waals surface area contributed by atoms with Crippen LogP contribution in [-0.2, 0) is 9.53 Å². The lowest BCUT2D eigenvalue weighted by molar-refractivity contribution is -0.127. The summed E-state index contributed by atoms with van der Waals surface area (Å²) in [7, 11) is 1.98. The van der Waals surface area contributed by atoms with Crippen LogP contribution in [0.4, 0.5) is 11.6 Å². The van der Waals surface area contributed by atoms with Crippen molar-refractivity contribution in [1.29, 1.82) is 0 Å². The maximum absolute atomic E-state index is 12.0. The van der Waals surface area contributed by atoms with Crippen LogP contribution in [-0.4, -0.2) is 84.1 Å². The molecule has 0 unspecified atom stereocenters. The quantitative estimate of drug-likeness (QED) is 0.736. The van der Waals surface area contributed by atoms with Gasteiger partial charge in [0.2, 0.25) is 17.2 Å². The fourth-order valence-electron chi connectivity index (χ4n) is 3.62. The van der Waals surface area contributed by atoms with Crippen molar-refractivity contribution in [3.05, 3.63) is 0 Å². The van der Waals surface area contributed by atoms with Crippen molar-refractivity contribution in [2.75, 3.05) is 62.8 Å². The number of rotatable bonds is 5. The van der Waals surface area contributed by atoms with Gasteiger partial charge >= 0.3 is 0 Å². The maximum Gasteiger partial charge on any atom is 0.245 e. The molecule has 0 saturated carbocycles. The summed E-state index contributed by atoms with van der Waals surface area (Å²) in [6.07, 6.45) is 0.576. The van der Waals surface area contributed by atoms with E-state index in [1.54, 1.807) is 0 Å². The number of aromatic nitrogens is 4. The second kappa shape index (κ2) is 7.02. The second-order valence-electron chi connectivity index (χ2n) is 6.76. The number of ether oxygens (including phenoxy) is 1. The molecule has 2 aromatic heterocycles. The van der Waals surface area contributed by atoms with E-state index in [1.807, 2.05) is 18.9 Å². The van der Waals surface area contributed by atoms with E-state index in [4.69, 9.17) is 9.37 Å². The number of carbonyl (C=O) groups is 1. The van der Waals surface area contributed by atoms with E-state index in [2.05, 4.69) is 30.1 Å². The highest BCUT2D eigenvalue weighted by molar-refractivity contribution is 5.79. The summed E-state index contributed by atoms with van der Waals surface area (Å²) in [5.74, 6) is 1.99. The van der Waals surface area contributed by atoms with E-state index in [0.29, 0.717) is 30.9 Å². The van der Waals surface area contributed by atoms with Crippen molar-refractivity contribution in [3.63, 3.8) is 0 Å². The number of fused-ring (bicyclic) bond motifs is 1.